The van der Waals surface area contributed by atoms with Crippen molar-refractivity contribution in [1.29, 1.82) is 0 Å². The van der Waals surface area contributed by atoms with Gasteiger partial charge in [-0.3, -0.25) is 4.79 Å². The number of rotatable bonds is 2. The number of carbonyl (C=O) groups is 1. The lowest BCUT2D eigenvalue weighted by atomic mass is 9.93. The monoisotopic (exact) mass is 256 g/mol. The van der Waals surface area contributed by atoms with Crippen LogP contribution in [-0.4, -0.2) is 39.9 Å². The highest BCUT2D eigenvalue weighted by molar-refractivity contribution is 8.01. The molecule has 2 fully saturated rings. The summed E-state index contributed by atoms with van der Waals surface area (Å²) in [4.78, 5) is 14.9. The number of piperidine rings is 1. The van der Waals surface area contributed by atoms with E-state index in [0.717, 1.165) is 25.0 Å². The topological polar surface area (TPSA) is 46.3 Å². The van der Waals surface area contributed by atoms with E-state index in [2.05, 4.69) is 18.7 Å². The van der Waals surface area contributed by atoms with E-state index in [4.69, 9.17) is 5.73 Å². The van der Waals surface area contributed by atoms with Crippen molar-refractivity contribution in [3.63, 3.8) is 0 Å². The van der Waals surface area contributed by atoms with E-state index in [1.165, 1.54) is 12.8 Å². The summed E-state index contributed by atoms with van der Waals surface area (Å²) in [5.41, 5.74) is 5.83. The quantitative estimate of drug-likeness (QED) is 0.822. The minimum atomic E-state index is -0.182. The molecule has 0 radical (unpaired) electrons. The van der Waals surface area contributed by atoms with Crippen LogP contribution in [0.4, 0.5) is 0 Å². The molecule has 0 spiro atoms. The van der Waals surface area contributed by atoms with Crippen molar-refractivity contribution in [1.82, 2.24) is 4.90 Å². The number of amides is 1. The van der Waals surface area contributed by atoms with E-state index in [1.54, 1.807) is 0 Å². The Hall–Kier alpha value is -0.220. The first-order chi connectivity index (χ1) is 8.08. The van der Waals surface area contributed by atoms with Gasteiger partial charge in [0.05, 0.1) is 4.75 Å². The Morgan fingerprint density at radius 3 is 2.82 bits per heavy atom. The van der Waals surface area contributed by atoms with Crippen LogP contribution < -0.4 is 5.73 Å². The van der Waals surface area contributed by atoms with Gasteiger partial charge in [0.2, 0.25) is 5.91 Å². The molecule has 0 aromatic carbocycles. The van der Waals surface area contributed by atoms with Crippen molar-refractivity contribution in [2.45, 2.75) is 62.8 Å². The first-order valence-corrected chi connectivity index (χ1v) is 7.74. The van der Waals surface area contributed by atoms with Crippen LogP contribution >= 0.6 is 11.8 Å². The maximum absolute atomic E-state index is 12.8. The van der Waals surface area contributed by atoms with Gasteiger partial charge in [-0.05, 0) is 51.7 Å². The molecule has 2 heterocycles. The summed E-state index contributed by atoms with van der Waals surface area (Å²) in [5, 5.41) is 0. The predicted octanol–water partition coefficient (Wildman–Crippen LogP) is 2.00. The van der Waals surface area contributed by atoms with Crippen molar-refractivity contribution in [3.05, 3.63) is 0 Å². The third-order valence-electron chi connectivity index (χ3n) is 4.21. The normalized spacial score (nSPS) is 38.4. The number of hydrogen-bond donors (Lipinski definition) is 1. The van der Waals surface area contributed by atoms with Crippen LogP contribution in [0.3, 0.4) is 0 Å². The maximum Gasteiger partial charge on any atom is 0.239 e. The smallest absolute Gasteiger partial charge is 0.239 e. The zero-order valence-corrected chi connectivity index (χ0v) is 11.8. The average molecular weight is 256 g/mol. The van der Waals surface area contributed by atoms with E-state index in [-0.39, 0.29) is 10.8 Å². The Labute approximate surface area is 108 Å². The Kier molecular flexibility index (Phi) is 4.03. The van der Waals surface area contributed by atoms with Gasteiger partial charge in [0.15, 0.2) is 0 Å². The molecule has 2 aliphatic rings. The van der Waals surface area contributed by atoms with Crippen LogP contribution in [-0.2, 0) is 4.79 Å². The largest absolute Gasteiger partial charge is 0.335 e. The molecule has 0 bridgehead atoms. The Morgan fingerprint density at radius 2 is 2.24 bits per heavy atom. The van der Waals surface area contributed by atoms with E-state index < -0.39 is 0 Å². The molecule has 3 unspecified atom stereocenters. The average Bonchev–Trinajstić information content (AvgIpc) is 2.76. The molecule has 2 rings (SSSR count). The van der Waals surface area contributed by atoms with Crippen molar-refractivity contribution in [2.24, 2.45) is 5.73 Å². The molecule has 98 valence electrons. The van der Waals surface area contributed by atoms with Crippen LogP contribution in [0.15, 0.2) is 0 Å². The highest BCUT2D eigenvalue weighted by Crippen LogP contribution is 2.41. The summed E-state index contributed by atoms with van der Waals surface area (Å²) in [6.07, 6.45) is 5.60. The SMILES string of the molecule is CC1CCCC(CN)N1C(=O)C1(C)CCCS1. The number of carbonyl (C=O) groups excluding carboxylic acids is 1. The van der Waals surface area contributed by atoms with Crippen LogP contribution in [0.2, 0.25) is 0 Å². The molecule has 3 nitrogen and oxygen atoms in total. The molecule has 1 amide bonds. The summed E-state index contributed by atoms with van der Waals surface area (Å²) < 4.78 is -0.182. The molecule has 17 heavy (non-hydrogen) atoms. The van der Waals surface area contributed by atoms with Gasteiger partial charge in [-0.1, -0.05) is 0 Å². The van der Waals surface area contributed by atoms with Crippen LogP contribution in [0.1, 0.15) is 46.0 Å². The molecule has 0 aliphatic carbocycles. The second-order valence-corrected chi connectivity index (χ2v) is 7.16. The molecule has 3 atom stereocenters. The molecule has 2 saturated heterocycles. The number of likely N-dealkylation sites (tertiary alicyclic amines) is 1. The molecule has 0 saturated carbocycles. The minimum Gasteiger partial charge on any atom is -0.335 e. The fourth-order valence-corrected chi connectivity index (χ4v) is 4.36. The molecule has 0 aromatic rings. The first kappa shape index (κ1) is 13.2. The zero-order valence-electron chi connectivity index (χ0n) is 10.9. The highest BCUT2D eigenvalue weighted by atomic mass is 32.2. The van der Waals surface area contributed by atoms with E-state index in [1.807, 2.05) is 11.8 Å². The van der Waals surface area contributed by atoms with E-state index >= 15 is 0 Å². The summed E-state index contributed by atoms with van der Waals surface area (Å²) in [5.74, 6) is 1.46. The van der Waals surface area contributed by atoms with Gasteiger partial charge in [-0.25, -0.2) is 0 Å². The van der Waals surface area contributed by atoms with E-state index in [0.29, 0.717) is 18.5 Å². The number of hydrogen-bond acceptors (Lipinski definition) is 3. The fourth-order valence-electron chi connectivity index (χ4n) is 3.11. The van der Waals surface area contributed by atoms with Crippen LogP contribution in [0, 0.1) is 0 Å². The van der Waals surface area contributed by atoms with Gasteiger partial charge < -0.3 is 10.6 Å². The van der Waals surface area contributed by atoms with Gasteiger partial charge in [0, 0.05) is 18.6 Å². The third kappa shape index (κ3) is 2.48. The second-order valence-electron chi connectivity index (χ2n) is 5.56. The number of thioether (sulfide) groups is 1. The Balaban J connectivity index is 2.15. The minimum absolute atomic E-state index is 0.182. The van der Waals surface area contributed by atoms with Crippen LogP contribution in [0.5, 0.6) is 0 Å². The summed E-state index contributed by atoms with van der Waals surface area (Å²) >= 11 is 1.83. The second kappa shape index (κ2) is 5.19. The standard InChI is InChI=1S/C13H24N2OS/c1-10-5-3-6-11(9-14)15(10)12(16)13(2)7-4-8-17-13/h10-11H,3-9,14H2,1-2H3. The predicted molar refractivity (Wildman–Crippen MR) is 73.1 cm³/mol. The zero-order chi connectivity index (χ0) is 12.5. The van der Waals surface area contributed by atoms with Crippen molar-refractivity contribution in [2.75, 3.05) is 12.3 Å². The van der Waals surface area contributed by atoms with E-state index in [9.17, 15) is 4.79 Å². The maximum atomic E-state index is 12.8. The fraction of sp³-hybridized carbons (Fsp3) is 0.923. The molecule has 2 aliphatic heterocycles. The summed E-state index contributed by atoms with van der Waals surface area (Å²) in [7, 11) is 0. The van der Waals surface area contributed by atoms with Gasteiger partial charge in [0.1, 0.15) is 0 Å². The lowest BCUT2D eigenvalue weighted by Crippen LogP contribution is -2.56. The van der Waals surface area contributed by atoms with Crippen LogP contribution in [0.25, 0.3) is 0 Å². The lowest BCUT2D eigenvalue weighted by molar-refractivity contribution is -0.139. The summed E-state index contributed by atoms with van der Waals surface area (Å²) in [6.45, 7) is 4.89. The van der Waals surface area contributed by atoms with Crippen molar-refractivity contribution < 1.29 is 4.79 Å². The van der Waals surface area contributed by atoms with Gasteiger partial charge in [-0.15, -0.1) is 11.8 Å². The molecular formula is C13H24N2OS. The Bertz CT molecular complexity index is 289. The summed E-state index contributed by atoms with van der Waals surface area (Å²) in [6, 6.07) is 0.632. The lowest BCUT2D eigenvalue weighted by Gasteiger charge is -2.43. The third-order valence-corrected chi connectivity index (χ3v) is 5.71. The van der Waals surface area contributed by atoms with Gasteiger partial charge in [0.25, 0.3) is 0 Å². The number of nitrogens with zero attached hydrogens (tertiary/aromatic N) is 1. The number of nitrogens with two attached hydrogens (primary N) is 1. The molecular weight excluding hydrogens is 232 g/mol. The van der Waals surface area contributed by atoms with Gasteiger partial charge in [-0.2, -0.15) is 0 Å². The Morgan fingerprint density at radius 1 is 1.47 bits per heavy atom. The first-order valence-electron chi connectivity index (χ1n) is 6.75. The van der Waals surface area contributed by atoms with Crippen molar-refractivity contribution in [3.8, 4) is 0 Å². The van der Waals surface area contributed by atoms with Gasteiger partial charge >= 0.3 is 0 Å². The molecule has 0 aromatic heterocycles. The molecule has 2 N–H and O–H groups in total. The highest BCUT2D eigenvalue weighted by Gasteiger charge is 2.43. The van der Waals surface area contributed by atoms with Crippen molar-refractivity contribution >= 4 is 17.7 Å². The molecule has 4 heteroatoms.